The lowest BCUT2D eigenvalue weighted by Gasteiger charge is -2.23. The van der Waals surface area contributed by atoms with Gasteiger partial charge in [0.1, 0.15) is 17.4 Å². The topological polar surface area (TPSA) is 125 Å². The van der Waals surface area contributed by atoms with Crippen LogP contribution in [0.4, 0.5) is 4.79 Å². The third-order valence-corrected chi connectivity index (χ3v) is 5.81. The van der Waals surface area contributed by atoms with Gasteiger partial charge in [-0.2, -0.15) is 0 Å². The number of carbonyl (C=O) groups is 3. The normalized spacial score (nSPS) is 16.2. The molecule has 0 aliphatic carbocycles. The summed E-state index contributed by atoms with van der Waals surface area (Å²) in [6, 6.07) is 9.75. The second-order valence-corrected chi connectivity index (χ2v) is 10.6. The monoisotopic (exact) mass is 541 g/mol. The molecular weight excluding hydrogens is 502 g/mol. The van der Waals surface area contributed by atoms with E-state index in [2.05, 4.69) is 15.8 Å². The third kappa shape index (κ3) is 11.4. The molecule has 2 amide bonds. The van der Waals surface area contributed by atoms with E-state index in [1.807, 2.05) is 25.1 Å². The van der Waals surface area contributed by atoms with Crippen molar-refractivity contribution in [1.29, 1.82) is 0 Å². The fraction of sp³-hybridized carbons (Fsp3) is 0.517. The number of carbonyl (C=O) groups excluding carboxylic acids is 3. The highest BCUT2D eigenvalue weighted by Gasteiger charge is 2.27. The van der Waals surface area contributed by atoms with Gasteiger partial charge in [-0.25, -0.2) is 19.9 Å². The van der Waals surface area contributed by atoms with Gasteiger partial charge in [0.2, 0.25) is 5.91 Å². The number of nitrogens with one attached hydrogen (secondary N) is 2. The zero-order valence-corrected chi connectivity index (χ0v) is 23.2. The Bertz CT molecular complexity index is 1080. The maximum Gasteiger partial charge on any atom is 0.408 e. The van der Waals surface area contributed by atoms with E-state index in [1.54, 1.807) is 45.2 Å². The van der Waals surface area contributed by atoms with Crippen LogP contribution >= 0.6 is 0 Å². The lowest BCUT2D eigenvalue weighted by atomic mass is 10.1. The molecule has 0 radical (unpaired) electrons. The van der Waals surface area contributed by atoms with Gasteiger partial charge in [-0.15, -0.1) is 0 Å². The van der Waals surface area contributed by atoms with Crippen LogP contribution in [0.2, 0.25) is 0 Å². The molecule has 1 aromatic carbocycles. The lowest BCUT2D eigenvalue weighted by Crippen LogP contribution is -2.46. The van der Waals surface area contributed by atoms with Crippen molar-refractivity contribution in [2.45, 2.75) is 90.6 Å². The number of nitrogens with zero attached hydrogens (tertiary/aromatic N) is 1. The van der Waals surface area contributed by atoms with E-state index in [0.717, 1.165) is 30.4 Å². The van der Waals surface area contributed by atoms with E-state index in [0.29, 0.717) is 37.3 Å². The molecular formula is C29H39N3O7. The Morgan fingerprint density at radius 2 is 1.87 bits per heavy atom. The molecule has 0 spiro atoms. The Labute approximate surface area is 229 Å². The first kappa shape index (κ1) is 30.0. The highest BCUT2D eigenvalue weighted by Crippen LogP contribution is 2.17. The zero-order valence-electron chi connectivity index (χ0n) is 23.2. The number of hydrogen-bond acceptors (Lipinski definition) is 8. The predicted octanol–water partition coefficient (Wildman–Crippen LogP) is 4.33. The molecule has 0 saturated carbocycles. The molecule has 39 heavy (non-hydrogen) atoms. The second-order valence-electron chi connectivity index (χ2n) is 10.6. The first-order chi connectivity index (χ1) is 18.6. The molecule has 10 heteroatoms. The highest BCUT2D eigenvalue weighted by molar-refractivity contribution is 5.83. The second kappa shape index (κ2) is 14.6. The molecule has 10 nitrogen and oxygen atoms in total. The Morgan fingerprint density at radius 1 is 1.10 bits per heavy atom. The summed E-state index contributed by atoms with van der Waals surface area (Å²) in [6.45, 7) is 7.81. The number of pyridine rings is 1. The first-order valence-electron chi connectivity index (χ1n) is 13.4. The van der Waals surface area contributed by atoms with E-state index < -0.39 is 23.7 Å². The van der Waals surface area contributed by atoms with Gasteiger partial charge in [-0.3, -0.25) is 9.78 Å². The summed E-state index contributed by atoms with van der Waals surface area (Å²) in [5, 5.41) is 2.61. The molecule has 1 saturated heterocycles. The minimum absolute atomic E-state index is 0.148. The summed E-state index contributed by atoms with van der Waals surface area (Å²) in [5.41, 5.74) is 4.36. The van der Waals surface area contributed by atoms with Gasteiger partial charge in [-0.1, -0.05) is 18.2 Å². The Balaban J connectivity index is 1.49. The van der Waals surface area contributed by atoms with Crippen LogP contribution in [-0.4, -0.2) is 47.5 Å². The Morgan fingerprint density at radius 3 is 2.51 bits per heavy atom. The lowest BCUT2D eigenvalue weighted by molar-refractivity contribution is -0.200. The quantitative estimate of drug-likeness (QED) is 0.245. The predicted molar refractivity (Wildman–Crippen MR) is 144 cm³/mol. The maximum absolute atomic E-state index is 13.0. The molecule has 212 valence electrons. The minimum Gasteiger partial charge on any atom is -0.444 e. The standard InChI is InChI=1S/C29H39N3O7/c1-20-11-14-22(30-19-20)18-24(31-28(35)38-29(2,3)4)27(34)37-23-15-12-21(13-16-23)8-7-9-25(33)32-39-26-10-5-6-17-36-26/h11-16,19,24,26H,5-10,17-18H2,1-4H3,(H,31,35)(H,32,33)/t24-,26?/m1/s1. The molecule has 2 N–H and O–H groups in total. The van der Waals surface area contributed by atoms with Gasteiger partial charge >= 0.3 is 12.1 Å². The minimum atomic E-state index is -0.991. The van der Waals surface area contributed by atoms with Crippen molar-refractivity contribution < 1.29 is 33.4 Å². The summed E-state index contributed by atoms with van der Waals surface area (Å²) in [6.07, 6.45) is 5.19. The van der Waals surface area contributed by atoms with E-state index in [-0.39, 0.29) is 18.6 Å². The number of hydroxylamine groups is 1. The van der Waals surface area contributed by atoms with Crippen LogP contribution in [0, 0.1) is 6.92 Å². The highest BCUT2D eigenvalue weighted by atomic mass is 16.8. The van der Waals surface area contributed by atoms with Crippen LogP contribution in [0.3, 0.4) is 0 Å². The number of esters is 1. The molecule has 1 aliphatic heterocycles. The Kier molecular flexibility index (Phi) is 11.2. The smallest absolute Gasteiger partial charge is 0.408 e. The maximum atomic E-state index is 13.0. The number of aromatic nitrogens is 1. The van der Waals surface area contributed by atoms with Crippen molar-refractivity contribution in [1.82, 2.24) is 15.8 Å². The first-order valence-corrected chi connectivity index (χ1v) is 13.4. The molecule has 1 unspecified atom stereocenters. The molecule has 3 rings (SSSR count). The number of aryl methyl sites for hydroxylation is 2. The van der Waals surface area contributed by atoms with E-state index in [4.69, 9.17) is 19.0 Å². The summed E-state index contributed by atoms with van der Waals surface area (Å²) in [5.74, 6) is -0.480. The molecule has 2 aromatic rings. The number of ether oxygens (including phenoxy) is 3. The molecule has 1 aromatic heterocycles. The molecule has 0 bridgehead atoms. The van der Waals surface area contributed by atoms with Gasteiger partial charge in [0.25, 0.3) is 0 Å². The van der Waals surface area contributed by atoms with Crippen molar-refractivity contribution in [3.63, 3.8) is 0 Å². The number of amides is 2. The van der Waals surface area contributed by atoms with Gasteiger partial charge in [0, 0.05) is 37.8 Å². The van der Waals surface area contributed by atoms with Crippen LogP contribution in [0.25, 0.3) is 0 Å². The summed E-state index contributed by atoms with van der Waals surface area (Å²) in [4.78, 5) is 47.0. The average molecular weight is 542 g/mol. The summed E-state index contributed by atoms with van der Waals surface area (Å²) in [7, 11) is 0. The van der Waals surface area contributed by atoms with Crippen LogP contribution in [0.15, 0.2) is 42.6 Å². The van der Waals surface area contributed by atoms with Crippen molar-refractivity contribution in [3.05, 3.63) is 59.4 Å². The number of alkyl carbamates (subject to hydrolysis) is 1. The van der Waals surface area contributed by atoms with Gasteiger partial charge in [-0.05, 0) is 82.7 Å². The summed E-state index contributed by atoms with van der Waals surface area (Å²) < 4.78 is 16.3. The van der Waals surface area contributed by atoms with Crippen LogP contribution in [0.5, 0.6) is 5.75 Å². The number of benzene rings is 1. The van der Waals surface area contributed by atoms with Gasteiger partial charge in [0.05, 0.1) is 0 Å². The Hall–Kier alpha value is -3.50. The van der Waals surface area contributed by atoms with Crippen molar-refractivity contribution in [2.75, 3.05) is 6.61 Å². The molecule has 1 aliphatic rings. The average Bonchev–Trinajstić information content (AvgIpc) is 2.89. The van der Waals surface area contributed by atoms with Crippen LogP contribution in [0.1, 0.15) is 69.7 Å². The number of hydrogen-bond donors (Lipinski definition) is 2. The molecule has 1 fully saturated rings. The zero-order chi connectivity index (χ0) is 28.3. The van der Waals surface area contributed by atoms with Crippen LogP contribution < -0.4 is 15.5 Å². The molecule has 2 atom stereocenters. The van der Waals surface area contributed by atoms with Gasteiger partial charge < -0.3 is 19.5 Å². The number of rotatable bonds is 11. The largest absolute Gasteiger partial charge is 0.444 e. The van der Waals surface area contributed by atoms with Crippen molar-refractivity contribution >= 4 is 18.0 Å². The SMILES string of the molecule is Cc1ccc(C[C@@H](NC(=O)OC(C)(C)C)C(=O)Oc2ccc(CCCC(=O)NOC3CCCCO3)cc2)nc1. The fourth-order valence-corrected chi connectivity index (χ4v) is 3.82. The fourth-order valence-electron chi connectivity index (χ4n) is 3.82. The van der Waals surface area contributed by atoms with Gasteiger partial charge in [0.15, 0.2) is 6.29 Å². The van der Waals surface area contributed by atoms with E-state index >= 15 is 0 Å². The van der Waals surface area contributed by atoms with Crippen molar-refractivity contribution in [2.24, 2.45) is 0 Å². The van der Waals surface area contributed by atoms with Crippen LogP contribution in [-0.2, 0) is 36.7 Å². The van der Waals surface area contributed by atoms with Crippen molar-refractivity contribution in [3.8, 4) is 5.75 Å². The van der Waals surface area contributed by atoms with E-state index in [1.165, 1.54) is 0 Å². The van der Waals surface area contributed by atoms with E-state index in [9.17, 15) is 14.4 Å². The third-order valence-electron chi connectivity index (χ3n) is 5.81. The summed E-state index contributed by atoms with van der Waals surface area (Å²) >= 11 is 0. The molecule has 2 heterocycles.